The number of nitrogens with one attached hydrogen (secondary N) is 1. The summed E-state index contributed by atoms with van der Waals surface area (Å²) in [6.07, 6.45) is -4.87. The first-order valence-corrected chi connectivity index (χ1v) is 7.20. The van der Waals surface area contributed by atoms with Crippen LogP contribution in [0.15, 0.2) is 0 Å². The molecule has 0 aromatic rings. The molecule has 2 aliphatic rings. The van der Waals surface area contributed by atoms with Crippen LogP contribution in [0.5, 0.6) is 0 Å². The molecule has 23 heavy (non-hydrogen) atoms. The van der Waals surface area contributed by atoms with Gasteiger partial charge in [-0.05, 0) is 12.3 Å². The monoisotopic (exact) mass is 344 g/mol. The van der Waals surface area contributed by atoms with Crippen LogP contribution in [0.4, 0.5) is 26.7 Å². The van der Waals surface area contributed by atoms with Crippen molar-refractivity contribution in [3.63, 3.8) is 0 Å². The lowest BCUT2D eigenvalue weighted by atomic mass is 9.79. The predicted molar refractivity (Wildman–Crippen MR) is 67.9 cm³/mol. The van der Waals surface area contributed by atoms with Crippen LogP contribution in [0.2, 0.25) is 0 Å². The third-order valence-electron chi connectivity index (χ3n) is 4.35. The van der Waals surface area contributed by atoms with Gasteiger partial charge in [0.05, 0.1) is 11.8 Å². The highest BCUT2D eigenvalue weighted by Crippen LogP contribution is 2.43. The SMILES string of the molecule is O=C(O)[C@@H]1CN(C(=O)NCCC2CC(F)(F)C2)C[C@H]1C(F)(F)F. The number of halogens is 5. The first-order chi connectivity index (χ1) is 10.5. The molecule has 2 fully saturated rings. The normalized spacial score (nSPS) is 27.6. The summed E-state index contributed by atoms with van der Waals surface area (Å²) in [5.74, 6) is -8.25. The molecular weight excluding hydrogens is 327 g/mol. The summed E-state index contributed by atoms with van der Waals surface area (Å²) in [5, 5.41) is 11.2. The highest BCUT2D eigenvalue weighted by Gasteiger charge is 2.53. The van der Waals surface area contributed by atoms with Gasteiger partial charge in [-0.2, -0.15) is 13.2 Å². The van der Waals surface area contributed by atoms with Gasteiger partial charge in [-0.15, -0.1) is 0 Å². The molecular formula is C13H17F5N2O3. The Morgan fingerprint density at radius 2 is 1.83 bits per heavy atom. The third-order valence-corrected chi connectivity index (χ3v) is 4.35. The largest absolute Gasteiger partial charge is 0.481 e. The Morgan fingerprint density at radius 1 is 1.22 bits per heavy atom. The average Bonchev–Trinajstić information content (AvgIpc) is 2.81. The smallest absolute Gasteiger partial charge is 0.394 e. The van der Waals surface area contributed by atoms with E-state index < -0.39 is 49.0 Å². The fourth-order valence-corrected chi connectivity index (χ4v) is 3.04. The maximum atomic E-state index is 12.8. The first-order valence-electron chi connectivity index (χ1n) is 7.20. The summed E-state index contributed by atoms with van der Waals surface area (Å²) >= 11 is 0. The maximum absolute atomic E-state index is 12.8. The number of carboxylic acid groups (broad SMARTS) is 1. The zero-order valence-corrected chi connectivity index (χ0v) is 12.1. The van der Waals surface area contributed by atoms with Crippen molar-refractivity contribution in [2.24, 2.45) is 17.8 Å². The summed E-state index contributed by atoms with van der Waals surface area (Å²) in [4.78, 5) is 23.5. The van der Waals surface area contributed by atoms with E-state index in [2.05, 4.69) is 5.32 Å². The van der Waals surface area contributed by atoms with Crippen molar-refractivity contribution in [2.75, 3.05) is 19.6 Å². The van der Waals surface area contributed by atoms with Crippen LogP contribution in [0.3, 0.4) is 0 Å². The molecule has 5 nitrogen and oxygen atoms in total. The predicted octanol–water partition coefficient (Wildman–Crippen LogP) is 2.33. The third kappa shape index (κ3) is 4.23. The second-order valence-corrected chi connectivity index (χ2v) is 6.15. The number of amides is 2. The Kier molecular flexibility index (Phi) is 4.72. The molecule has 1 saturated heterocycles. The summed E-state index contributed by atoms with van der Waals surface area (Å²) in [6, 6.07) is -0.797. The van der Waals surface area contributed by atoms with Crippen molar-refractivity contribution in [3.8, 4) is 0 Å². The molecule has 0 bridgehead atoms. The van der Waals surface area contributed by atoms with E-state index in [4.69, 9.17) is 5.11 Å². The van der Waals surface area contributed by atoms with Gasteiger partial charge in [-0.25, -0.2) is 13.6 Å². The lowest BCUT2D eigenvalue weighted by Crippen LogP contribution is -2.42. The number of carboxylic acids is 1. The Balaban J connectivity index is 1.80. The number of carbonyl (C=O) groups is 2. The first kappa shape index (κ1) is 17.7. The van der Waals surface area contributed by atoms with E-state index in [-0.39, 0.29) is 25.3 Å². The van der Waals surface area contributed by atoms with E-state index in [9.17, 15) is 31.5 Å². The Hall–Kier alpha value is -1.61. The Morgan fingerprint density at radius 3 is 2.26 bits per heavy atom. The van der Waals surface area contributed by atoms with E-state index >= 15 is 0 Å². The molecule has 0 aromatic heterocycles. The number of carbonyl (C=O) groups excluding carboxylic acids is 1. The lowest BCUT2D eigenvalue weighted by Gasteiger charge is -2.35. The molecule has 1 saturated carbocycles. The highest BCUT2D eigenvalue weighted by atomic mass is 19.4. The number of rotatable bonds is 4. The van der Waals surface area contributed by atoms with E-state index in [0.29, 0.717) is 6.42 Å². The Labute approximate surface area is 128 Å². The molecule has 2 N–H and O–H groups in total. The van der Waals surface area contributed by atoms with E-state index in [1.807, 2.05) is 0 Å². The molecule has 1 aliphatic carbocycles. The van der Waals surface area contributed by atoms with Crippen LogP contribution in [-0.4, -0.2) is 53.7 Å². The highest BCUT2D eigenvalue weighted by molar-refractivity contribution is 5.77. The molecule has 0 radical (unpaired) electrons. The van der Waals surface area contributed by atoms with Crippen LogP contribution >= 0.6 is 0 Å². The standard InChI is InChI=1S/C13H17F5N2O3/c14-12(15)3-7(4-12)1-2-19-11(23)20-5-8(10(21)22)9(6-20)13(16,17)18/h7-9H,1-6H2,(H,19,23)(H,21,22)/t8-,9-/m1/s1. The molecule has 2 rings (SSSR count). The molecule has 0 aromatic carbocycles. The second-order valence-electron chi connectivity index (χ2n) is 6.15. The van der Waals surface area contributed by atoms with Crippen molar-refractivity contribution >= 4 is 12.0 Å². The zero-order valence-electron chi connectivity index (χ0n) is 12.1. The van der Waals surface area contributed by atoms with Crippen molar-refractivity contribution in [2.45, 2.75) is 31.4 Å². The minimum Gasteiger partial charge on any atom is -0.481 e. The van der Waals surface area contributed by atoms with Gasteiger partial charge >= 0.3 is 18.2 Å². The molecule has 10 heteroatoms. The van der Waals surface area contributed by atoms with Crippen LogP contribution in [-0.2, 0) is 4.79 Å². The summed E-state index contributed by atoms with van der Waals surface area (Å²) < 4.78 is 63.7. The van der Waals surface area contributed by atoms with Gasteiger partial charge < -0.3 is 15.3 Å². The van der Waals surface area contributed by atoms with Crippen molar-refractivity contribution < 1.29 is 36.6 Å². The number of nitrogens with zero attached hydrogens (tertiary/aromatic N) is 1. The average molecular weight is 344 g/mol. The lowest BCUT2D eigenvalue weighted by molar-refractivity contribution is -0.187. The van der Waals surface area contributed by atoms with Gasteiger partial charge in [0.25, 0.3) is 0 Å². The van der Waals surface area contributed by atoms with Crippen LogP contribution < -0.4 is 5.32 Å². The van der Waals surface area contributed by atoms with E-state index in [1.165, 1.54) is 0 Å². The molecule has 0 unspecified atom stereocenters. The topological polar surface area (TPSA) is 69.6 Å². The van der Waals surface area contributed by atoms with Gasteiger partial charge in [0.2, 0.25) is 5.92 Å². The molecule has 1 heterocycles. The van der Waals surface area contributed by atoms with Crippen molar-refractivity contribution in [1.29, 1.82) is 0 Å². The van der Waals surface area contributed by atoms with Gasteiger partial charge in [-0.3, -0.25) is 4.79 Å². The van der Waals surface area contributed by atoms with E-state index in [0.717, 1.165) is 4.90 Å². The van der Waals surface area contributed by atoms with E-state index in [1.54, 1.807) is 0 Å². The summed E-state index contributed by atoms with van der Waals surface area (Å²) in [6.45, 7) is -1.16. The number of likely N-dealkylation sites (tertiary alicyclic amines) is 1. The fraction of sp³-hybridized carbons (Fsp3) is 0.846. The fourth-order valence-electron chi connectivity index (χ4n) is 3.04. The zero-order chi connectivity index (χ0) is 17.4. The van der Waals surface area contributed by atoms with Crippen molar-refractivity contribution in [3.05, 3.63) is 0 Å². The molecule has 1 aliphatic heterocycles. The van der Waals surface area contributed by atoms with Crippen molar-refractivity contribution in [1.82, 2.24) is 10.2 Å². The summed E-state index contributed by atoms with van der Waals surface area (Å²) in [7, 11) is 0. The van der Waals surface area contributed by atoms with Gasteiger partial charge in [0.15, 0.2) is 0 Å². The molecule has 2 atom stereocenters. The van der Waals surface area contributed by atoms with Gasteiger partial charge in [-0.1, -0.05) is 0 Å². The van der Waals surface area contributed by atoms with Crippen LogP contribution in [0.25, 0.3) is 0 Å². The molecule has 2 amide bonds. The van der Waals surface area contributed by atoms with Gasteiger partial charge in [0.1, 0.15) is 0 Å². The molecule has 132 valence electrons. The van der Waals surface area contributed by atoms with Gasteiger partial charge in [0, 0.05) is 32.5 Å². The summed E-state index contributed by atoms with van der Waals surface area (Å²) in [5.41, 5.74) is 0. The minimum absolute atomic E-state index is 0.0739. The minimum atomic E-state index is -4.70. The molecule has 0 spiro atoms. The quantitative estimate of drug-likeness (QED) is 0.769. The maximum Gasteiger partial charge on any atom is 0.394 e. The number of hydrogen-bond acceptors (Lipinski definition) is 2. The van der Waals surface area contributed by atoms with Crippen LogP contribution in [0.1, 0.15) is 19.3 Å². The number of urea groups is 1. The number of hydrogen-bond donors (Lipinski definition) is 2. The Bertz CT molecular complexity index is 475. The number of aliphatic carboxylic acids is 1. The number of alkyl halides is 5. The van der Waals surface area contributed by atoms with Crippen LogP contribution in [0, 0.1) is 17.8 Å². The second kappa shape index (κ2) is 6.12.